The molecule has 1 aliphatic heterocycles. The second kappa shape index (κ2) is 9.39. The number of hydrogen-bond acceptors (Lipinski definition) is 6. The first kappa shape index (κ1) is 21.7. The third kappa shape index (κ3) is 4.37. The van der Waals surface area contributed by atoms with Crippen molar-refractivity contribution in [2.75, 3.05) is 18.0 Å². The average Bonchev–Trinajstić information content (AvgIpc) is 2.91. The first-order valence-corrected chi connectivity index (χ1v) is 11.4. The lowest BCUT2D eigenvalue weighted by Crippen LogP contribution is -2.39. The summed E-state index contributed by atoms with van der Waals surface area (Å²) in [4.78, 5) is 40.6. The Morgan fingerprint density at radius 3 is 2.29 bits per heavy atom. The highest BCUT2D eigenvalue weighted by atomic mass is 16.1. The van der Waals surface area contributed by atoms with Crippen LogP contribution < -0.4 is 10.5 Å². The molecule has 7 nitrogen and oxygen atoms in total. The minimum atomic E-state index is -0.143. The Balaban J connectivity index is 1.29. The van der Waals surface area contributed by atoms with Gasteiger partial charge in [-0.1, -0.05) is 54.6 Å². The van der Waals surface area contributed by atoms with Gasteiger partial charge in [0.15, 0.2) is 5.78 Å². The first-order chi connectivity index (χ1) is 16.6. The monoisotopic (exact) mass is 451 g/mol. The van der Waals surface area contributed by atoms with Gasteiger partial charge in [0.1, 0.15) is 6.33 Å². The van der Waals surface area contributed by atoms with E-state index < -0.39 is 0 Å². The molecule has 0 saturated carbocycles. The van der Waals surface area contributed by atoms with Gasteiger partial charge < -0.3 is 4.90 Å². The van der Waals surface area contributed by atoms with Crippen LogP contribution in [0.5, 0.6) is 0 Å². The van der Waals surface area contributed by atoms with Crippen molar-refractivity contribution in [3.63, 3.8) is 0 Å². The van der Waals surface area contributed by atoms with E-state index in [0.717, 1.165) is 16.7 Å². The molecule has 0 bridgehead atoms. The molecule has 5 rings (SSSR count). The third-order valence-corrected chi connectivity index (χ3v) is 6.38. The van der Waals surface area contributed by atoms with E-state index in [-0.39, 0.29) is 17.3 Å². The highest BCUT2D eigenvalue weighted by Crippen LogP contribution is 2.27. The van der Waals surface area contributed by atoms with Gasteiger partial charge in [0.2, 0.25) is 5.95 Å². The summed E-state index contributed by atoms with van der Waals surface area (Å²) in [5.41, 5.74) is 3.97. The fraction of sp³-hybridized carbons (Fsp3) is 0.222. The molecule has 2 aromatic heterocycles. The number of hydrogen-bond donors (Lipinski definition) is 0. The zero-order valence-electron chi connectivity index (χ0n) is 19.0. The van der Waals surface area contributed by atoms with Crippen LogP contribution in [0.3, 0.4) is 0 Å². The van der Waals surface area contributed by atoms with Crippen LogP contribution in [0.25, 0.3) is 22.5 Å². The Hall–Kier alpha value is -4.13. The third-order valence-electron chi connectivity index (χ3n) is 6.38. The molecule has 0 unspecified atom stereocenters. The number of nitrogens with zero attached hydrogens (tertiary/aromatic N) is 5. The number of aromatic nitrogens is 4. The van der Waals surface area contributed by atoms with Crippen LogP contribution in [-0.4, -0.2) is 38.4 Å². The van der Waals surface area contributed by atoms with Crippen LogP contribution in [-0.2, 0) is 7.05 Å². The summed E-state index contributed by atoms with van der Waals surface area (Å²) in [6.45, 7) is 1.32. The molecule has 0 atom stereocenters. The van der Waals surface area contributed by atoms with Gasteiger partial charge in [-0.05, 0) is 30.0 Å². The highest BCUT2D eigenvalue weighted by molar-refractivity contribution is 5.98. The first-order valence-electron chi connectivity index (χ1n) is 11.4. The van der Waals surface area contributed by atoms with E-state index in [4.69, 9.17) is 4.98 Å². The molecule has 2 aromatic carbocycles. The van der Waals surface area contributed by atoms with Gasteiger partial charge in [-0.2, -0.15) is 0 Å². The van der Waals surface area contributed by atoms with Crippen LogP contribution in [0.1, 0.15) is 23.2 Å². The van der Waals surface area contributed by atoms with Gasteiger partial charge in [-0.25, -0.2) is 15.0 Å². The maximum Gasteiger partial charge on any atom is 0.255 e. The summed E-state index contributed by atoms with van der Waals surface area (Å²) in [5.74, 6) is 0.732. The summed E-state index contributed by atoms with van der Waals surface area (Å²) in [7, 11) is 1.72. The molecule has 34 heavy (non-hydrogen) atoms. The van der Waals surface area contributed by atoms with Crippen molar-refractivity contribution >= 4 is 11.7 Å². The Morgan fingerprint density at radius 1 is 0.912 bits per heavy atom. The lowest BCUT2D eigenvalue weighted by Gasteiger charge is -2.33. The summed E-state index contributed by atoms with van der Waals surface area (Å²) in [6.07, 6.45) is 4.50. The summed E-state index contributed by atoms with van der Waals surface area (Å²) in [5, 5.41) is 0. The van der Waals surface area contributed by atoms with E-state index >= 15 is 0 Å². The Bertz CT molecular complexity index is 1340. The van der Waals surface area contributed by atoms with E-state index in [1.165, 1.54) is 12.4 Å². The van der Waals surface area contributed by atoms with Gasteiger partial charge in [-0.3, -0.25) is 14.2 Å². The largest absolute Gasteiger partial charge is 0.342 e. The second-order valence-electron chi connectivity index (χ2n) is 8.50. The minimum absolute atomic E-state index is 0.0408. The fourth-order valence-electron chi connectivity index (χ4n) is 4.42. The zero-order valence-corrected chi connectivity index (χ0v) is 19.0. The molecule has 0 radical (unpaired) electrons. The standard InChI is InChI=1S/C27H25N5O2/c1-31-25(33)17-24(23-11-14-28-18-29-23)30-27(31)32-15-12-22(13-16-32)26(34)21-9-7-20(8-10-21)19-5-3-2-4-6-19/h2-11,14,17-18,22H,12-13,15-16H2,1H3. The number of Topliss-reactive ketones (excluding diaryl/α,β-unsaturated/α-hetero) is 1. The van der Waals surface area contributed by atoms with Crippen molar-refractivity contribution in [3.05, 3.63) is 95.2 Å². The van der Waals surface area contributed by atoms with Gasteiger partial charge in [-0.15, -0.1) is 0 Å². The van der Waals surface area contributed by atoms with Gasteiger partial charge in [0.05, 0.1) is 11.4 Å². The number of ketones is 1. The zero-order chi connectivity index (χ0) is 23.5. The topological polar surface area (TPSA) is 81.0 Å². The molecule has 170 valence electrons. The molecule has 0 aliphatic carbocycles. The normalized spacial score (nSPS) is 14.2. The van der Waals surface area contributed by atoms with E-state index in [1.54, 1.807) is 23.9 Å². The molecule has 1 fully saturated rings. The Morgan fingerprint density at radius 2 is 1.62 bits per heavy atom. The molecule has 4 aromatic rings. The maximum atomic E-state index is 13.1. The van der Waals surface area contributed by atoms with Gasteiger partial charge >= 0.3 is 0 Å². The van der Waals surface area contributed by atoms with Crippen molar-refractivity contribution in [2.45, 2.75) is 12.8 Å². The van der Waals surface area contributed by atoms with E-state index in [1.807, 2.05) is 42.5 Å². The number of carbonyl (C=O) groups excluding carboxylic acids is 1. The highest BCUT2D eigenvalue weighted by Gasteiger charge is 2.27. The lowest BCUT2D eigenvalue weighted by atomic mass is 9.88. The predicted molar refractivity (Wildman–Crippen MR) is 132 cm³/mol. The number of rotatable bonds is 5. The van der Waals surface area contributed by atoms with Crippen molar-refractivity contribution in [1.82, 2.24) is 19.5 Å². The van der Waals surface area contributed by atoms with E-state index in [2.05, 4.69) is 27.0 Å². The second-order valence-corrected chi connectivity index (χ2v) is 8.50. The van der Waals surface area contributed by atoms with Crippen molar-refractivity contribution < 1.29 is 4.79 Å². The molecule has 0 amide bonds. The molecule has 7 heteroatoms. The van der Waals surface area contributed by atoms with Crippen molar-refractivity contribution in [2.24, 2.45) is 13.0 Å². The van der Waals surface area contributed by atoms with Crippen LogP contribution in [0.4, 0.5) is 5.95 Å². The van der Waals surface area contributed by atoms with Crippen LogP contribution >= 0.6 is 0 Å². The molecule has 0 spiro atoms. The summed E-state index contributed by atoms with van der Waals surface area (Å²) >= 11 is 0. The SMILES string of the molecule is Cn1c(N2CCC(C(=O)c3ccc(-c4ccccc4)cc3)CC2)nc(-c2ccncn2)cc1=O. The maximum absolute atomic E-state index is 13.1. The van der Waals surface area contributed by atoms with Crippen molar-refractivity contribution in [1.29, 1.82) is 0 Å². The Kier molecular flexibility index (Phi) is 5.99. The smallest absolute Gasteiger partial charge is 0.255 e. The molecule has 0 N–H and O–H groups in total. The number of carbonyl (C=O) groups is 1. The fourth-order valence-corrected chi connectivity index (χ4v) is 4.42. The van der Waals surface area contributed by atoms with Gasteiger partial charge in [0, 0.05) is 43.9 Å². The van der Waals surface area contributed by atoms with E-state index in [9.17, 15) is 9.59 Å². The number of piperidine rings is 1. The molecule has 3 heterocycles. The molecule has 1 aliphatic rings. The van der Waals surface area contributed by atoms with Crippen LogP contribution in [0.15, 0.2) is 84.0 Å². The Labute approximate surface area is 197 Å². The molecular weight excluding hydrogens is 426 g/mol. The quantitative estimate of drug-likeness (QED) is 0.427. The lowest BCUT2D eigenvalue weighted by molar-refractivity contribution is 0.0900. The molecule has 1 saturated heterocycles. The molecular formula is C27H25N5O2. The minimum Gasteiger partial charge on any atom is -0.342 e. The summed E-state index contributed by atoms with van der Waals surface area (Å²) in [6, 6.07) is 21.2. The van der Waals surface area contributed by atoms with Gasteiger partial charge in [0.25, 0.3) is 5.56 Å². The number of anilines is 1. The van der Waals surface area contributed by atoms with Crippen LogP contribution in [0.2, 0.25) is 0 Å². The summed E-state index contributed by atoms with van der Waals surface area (Å²) < 4.78 is 1.55. The van der Waals surface area contributed by atoms with Crippen molar-refractivity contribution in [3.8, 4) is 22.5 Å². The number of benzene rings is 2. The van der Waals surface area contributed by atoms with E-state index in [0.29, 0.717) is 43.3 Å². The predicted octanol–water partition coefficient (Wildman–Crippen LogP) is 4.00. The van der Waals surface area contributed by atoms with Crippen LogP contribution in [0, 0.1) is 5.92 Å². The average molecular weight is 452 g/mol.